The van der Waals surface area contributed by atoms with E-state index in [1.807, 2.05) is 32.9 Å². The monoisotopic (exact) mass is 326 g/mol. The van der Waals surface area contributed by atoms with Crippen LogP contribution in [0.5, 0.6) is 0 Å². The Bertz CT molecular complexity index is 809. The van der Waals surface area contributed by atoms with E-state index in [-0.39, 0.29) is 11.4 Å². The number of benzene rings is 1. The minimum absolute atomic E-state index is 0.00559. The maximum Gasteiger partial charge on any atom is 0.268 e. The molecule has 2 heterocycles. The van der Waals surface area contributed by atoms with Gasteiger partial charge in [0.05, 0.1) is 10.2 Å². The minimum atomic E-state index is -0.237. The molecule has 0 bridgehead atoms. The van der Waals surface area contributed by atoms with Crippen LogP contribution in [0.3, 0.4) is 0 Å². The number of hydrogen-bond donors (Lipinski definition) is 1. The van der Waals surface area contributed by atoms with Gasteiger partial charge in [-0.2, -0.15) is 0 Å². The molecule has 1 N–H and O–H groups in total. The number of aryl methyl sites for hydroxylation is 2. The lowest BCUT2D eigenvalue weighted by Crippen LogP contribution is -2.41. The summed E-state index contributed by atoms with van der Waals surface area (Å²) in [5, 5.41) is 5.15. The van der Waals surface area contributed by atoms with Crippen molar-refractivity contribution < 1.29 is 4.79 Å². The number of fused-ring (bicyclic) bond motifs is 1. The van der Waals surface area contributed by atoms with Crippen molar-refractivity contribution >= 4 is 27.5 Å². The molecule has 0 aliphatic rings. The molecule has 2 aromatic heterocycles. The normalized spacial score (nSPS) is 11.8. The lowest BCUT2D eigenvalue weighted by atomic mass is 10.1. The third-order valence-corrected chi connectivity index (χ3v) is 4.56. The van der Waals surface area contributed by atoms with Gasteiger partial charge in [-0.3, -0.25) is 4.79 Å². The summed E-state index contributed by atoms with van der Waals surface area (Å²) >= 11 is 1.68. The summed E-state index contributed by atoms with van der Waals surface area (Å²) in [5.41, 5.74) is 2.94. The molecular weight excluding hydrogens is 304 g/mol. The quantitative estimate of drug-likeness (QED) is 0.754. The average molecular weight is 326 g/mol. The topological polar surface area (TPSA) is 34.0 Å². The van der Waals surface area contributed by atoms with E-state index in [2.05, 4.69) is 45.6 Å². The Hall–Kier alpha value is -2.07. The number of nitrogens with one attached hydrogen (secondary N) is 1. The number of thiophene rings is 1. The molecule has 0 atom stereocenters. The Morgan fingerprint density at radius 3 is 2.61 bits per heavy atom. The van der Waals surface area contributed by atoms with E-state index in [0.29, 0.717) is 0 Å². The lowest BCUT2D eigenvalue weighted by Gasteiger charge is -2.21. The molecule has 0 aliphatic heterocycles. The maximum absolute atomic E-state index is 12.6. The van der Waals surface area contributed by atoms with Crippen LogP contribution in [0.15, 0.2) is 47.8 Å². The smallest absolute Gasteiger partial charge is 0.268 e. The fourth-order valence-corrected chi connectivity index (χ4v) is 3.52. The zero-order valence-electron chi connectivity index (χ0n) is 13.8. The summed E-state index contributed by atoms with van der Waals surface area (Å²) < 4.78 is 3.30. The van der Waals surface area contributed by atoms with Gasteiger partial charge < -0.3 is 9.88 Å². The third-order valence-electron chi connectivity index (χ3n) is 3.71. The van der Waals surface area contributed by atoms with E-state index >= 15 is 0 Å². The average Bonchev–Trinajstić information content (AvgIpc) is 3.05. The number of carbonyl (C=O) groups excluding carboxylic acids is 1. The lowest BCUT2D eigenvalue weighted by molar-refractivity contribution is 0.0910. The second-order valence-electron chi connectivity index (χ2n) is 6.79. The first-order valence-corrected chi connectivity index (χ1v) is 8.75. The second kappa shape index (κ2) is 6.20. The molecule has 120 valence electrons. The van der Waals surface area contributed by atoms with Crippen LogP contribution in [-0.2, 0) is 13.0 Å². The van der Waals surface area contributed by atoms with Crippen LogP contribution in [0.4, 0.5) is 0 Å². The molecule has 0 aliphatic carbocycles. The molecule has 0 saturated carbocycles. The number of amides is 1. The molecule has 0 radical (unpaired) electrons. The molecule has 3 rings (SSSR count). The molecule has 3 aromatic rings. The van der Waals surface area contributed by atoms with Crippen molar-refractivity contribution in [2.75, 3.05) is 0 Å². The van der Waals surface area contributed by atoms with Crippen molar-refractivity contribution in [2.24, 2.45) is 0 Å². The van der Waals surface area contributed by atoms with Gasteiger partial charge in [0.25, 0.3) is 5.91 Å². The Morgan fingerprint density at radius 1 is 1.17 bits per heavy atom. The second-order valence-corrected chi connectivity index (χ2v) is 7.74. The first-order chi connectivity index (χ1) is 10.9. The van der Waals surface area contributed by atoms with E-state index in [9.17, 15) is 4.79 Å². The molecule has 0 saturated heterocycles. The highest BCUT2D eigenvalue weighted by Crippen LogP contribution is 2.26. The van der Waals surface area contributed by atoms with Crippen LogP contribution in [0.25, 0.3) is 10.2 Å². The first kappa shape index (κ1) is 15.8. The van der Waals surface area contributed by atoms with Crippen molar-refractivity contribution in [3.8, 4) is 0 Å². The standard InChI is InChI=1S/C19H22N2OS/c1-19(2,3)20-18(22)16-13-17-15(10-12-23-17)21(16)11-9-14-7-5-4-6-8-14/h4-8,10,12-13H,9,11H2,1-3H3,(H,20,22). The zero-order chi connectivity index (χ0) is 16.4. The number of nitrogens with zero attached hydrogens (tertiary/aromatic N) is 1. The van der Waals surface area contributed by atoms with Gasteiger partial charge in [-0.05, 0) is 50.3 Å². The fourth-order valence-electron chi connectivity index (χ4n) is 2.70. The molecule has 0 unspecified atom stereocenters. The van der Waals surface area contributed by atoms with Gasteiger partial charge in [-0.1, -0.05) is 30.3 Å². The van der Waals surface area contributed by atoms with Crippen LogP contribution in [0.2, 0.25) is 0 Å². The third kappa shape index (κ3) is 3.64. The van der Waals surface area contributed by atoms with Crippen molar-refractivity contribution in [3.63, 3.8) is 0 Å². The van der Waals surface area contributed by atoms with Crippen molar-refractivity contribution in [1.29, 1.82) is 0 Å². The Balaban J connectivity index is 1.89. The first-order valence-electron chi connectivity index (χ1n) is 7.87. The SMILES string of the molecule is CC(C)(C)NC(=O)c1cc2sccc2n1CCc1ccccc1. The van der Waals surface area contributed by atoms with Gasteiger partial charge in [-0.15, -0.1) is 11.3 Å². The highest BCUT2D eigenvalue weighted by atomic mass is 32.1. The van der Waals surface area contributed by atoms with E-state index in [0.717, 1.165) is 28.9 Å². The van der Waals surface area contributed by atoms with Gasteiger partial charge in [0, 0.05) is 12.1 Å². The van der Waals surface area contributed by atoms with Gasteiger partial charge in [-0.25, -0.2) is 0 Å². The molecule has 23 heavy (non-hydrogen) atoms. The number of aromatic nitrogens is 1. The summed E-state index contributed by atoms with van der Waals surface area (Å²) in [7, 11) is 0. The summed E-state index contributed by atoms with van der Waals surface area (Å²) in [6.45, 7) is 6.82. The van der Waals surface area contributed by atoms with E-state index in [1.165, 1.54) is 5.56 Å². The maximum atomic E-state index is 12.6. The predicted molar refractivity (Wildman–Crippen MR) is 97.2 cm³/mol. The number of hydrogen-bond acceptors (Lipinski definition) is 2. The molecule has 1 amide bonds. The molecule has 0 spiro atoms. The fraction of sp³-hybridized carbons (Fsp3) is 0.316. The summed E-state index contributed by atoms with van der Waals surface area (Å²) in [4.78, 5) is 12.6. The molecule has 0 fully saturated rings. The van der Waals surface area contributed by atoms with Crippen LogP contribution >= 0.6 is 11.3 Å². The number of rotatable bonds is 4. The van der Waals surface area contributed by atoms with Crippen molar-refractivity contribution in [1.82, 2.24) is 9.88 Å². The van der Waals surface area contributed by atoms with Gasteiger partial charge in [0.2, 0.25) is 0 Å². The van der Waals surface area contributed by atoms with Crippen LogP contribution < -0.4 is 5.32 Å². The number of carbonyl (C=O) groups is 1. The van der Waals surface area contributed by atoms with Gasteiger partial charge >= 0.3 is 0 Å². The molecule has 1 aromatic carbocycles. The minimum Gasteiger partial charge on any atom is -0.346 e. The summed E-state index contributed by atoms with van der Waals surface area (Å²) in [6, 6.07) is 14.5. The van der Waals surface area contributed by atoms with Crippen molar-refractivity contribution in [2.45, 2.75) is 39.3 Å². The Labute approximate surface area is 140 Å². The van der Waals surface area contributed by atoms with E-state index in [4.69, 9.17) is 0 Å². The summed E-state index contributed by atoms with van der Waals surface area (Å²) in [5.74, 6) is -0.00559. The van der Waals surface area contributed by atoms with Crippen LogP contribution in [0.1, 0.15) is 36.8 Å². The highest BCUT2D eigenvalue weighted by molar-refractivity contribution is 7.17. The molecular formula is C19H22N2OS. The highest BCUT2D eigenvalue weighted by Gasteiger charge is 2.20. The van der Waals surface area contributed by atoms with E-state index < -0.39 is 0 Å². The van der Waals surface area contributed by atoms with Crippen LogP contribution in [-0.4, -0.2) is 16.0 Å². The Kier molecular flexibility index (Phi) is 4.26. The van der Waals surface area contributed by atoms with Crippen molar-refractivity contribution in [3.05, 3.63) is 59.1 Å². The predicted octanol–water partition coefficient (Wildman–Crippen LogP) is 4.47. The molecule has 3 nitrogen and oxygen atoms in total. The molecule has 4 heteroatoms. The van der Waals surface area contributed by atoms with Gasteiger partial charge in [0.1, 0.15) is 5.69 Å². The Morgan fingerprint density at radius 2 is 1.91 bits per heavy atom. The van der Waals surface area contributed by atoms with Crippen LogP contribution in [0, 0.1) is 0 Å². The van der Waals surface area contributed by atoms with E-state index in [1.54, 1.807) is 11.3 Å². The summed E-state index contributed by atoms with van der Waals surface area (Å²) in [6.07, 6.45) is 0.913. The van der Waals surface area contributed by atoms with Gasteiger partial charge in [0.15, 0.2) is 0 Å². The zero-order valence-corrected chi connectivity index (χ0v) is 14.6. The largest absolute Gasteiger partial charge is 0.346 e.